The summed E-state index contributed by atoms with van der Waals surface area (Å²) in [5.74, 6) is -0.692. The maximum absolute atomic E-state index is 12.3. The molecule has 0 aromatic heterocycles. The Balaban J connectivity index is 2.02. The Morgan fingerprint density at radius 1 is 1.00 bits per heavy atom. The second-order valence-corrected chi connectivity index (χ2v) is 5.61. The van der Waals surface area contributed by atoms with Gasteiger partial charge in [0, 0.05) is 5.69 Å². The van der Waals surface area contributed by atoms with Crippen molar-refractivity contribution in [3.05, 3.63) is 52.0 Å². The van der Waals surface area contributed by atoms with Gasteiger partial charge in [0.1, 0.15) is 17.1 Å². The molecule has 0 aliphatic carbocycles. The third-order valence-electron chi connectivity index (χ3n) is 3.17. The predicted octanol–water partition coefficient (Wildman–Crippen LogP) is 3.81. The second-order valence-electron chi connectivity index (χ2n) is 4.79. The first-order chi connectivity index (χ1) is 12.0. The molecule has 2 aromatic rings. The van der Waals surface area contributed by atoms with Crippen molar-refractivity contribution in [1.82, 2.24) is 0 Å². The van der Waals surface area contributed by atoms with E-state index >= 15 is 0 Å². The summed E-state index contributed by atoms with van der Waals surface area (Å²) in [5, 5.41) is 3.22. The molecule has 0 heterocycles. The molecule has 1 amide bonds. The first-order valence-corrected chi connectivity index (χ1v) is 7.85. The van der Waals surface area contributed by atoms with Crippen LogP contribution in [0, 0.1) is 0 Å². The second kappa shape index (κ2) is 8.60. The van der Waals surface area contributed by atoms with Crippen LogP contribution in [0.25, 0.3) is 0 Å². The molecular weight excluding hydrogens is 369 g/mol. The maximum atomic E-state index is 12.3. The van der Waals surface area contributed by atoms with E-state index in [1.165, 1.54) is 20.3 Å². The molecule has 0 aliphatic heterocycles. The highest BCUT2D eigenvalue weighted by molar-refractivity contribution is 6.42. The zero-order chi connectivity index (χ0) is 18.4. The minimum atomic E-state index is -0.737. The van der Waals surface area contributed by atoms with Gasteiger partial charge < -0.3 is 19.5 Å². The van der Waals surface area contributed by atoms with Crippen molar-refractivity contribution in [3.63, 3.8) is 0 Å². The minimum Gasteiger partial charge on any atom is -0.496 e. The van der Waals surface area contributed by atoms with Crippen LogP contribution in [0.1, 0.15) is 10.4 Å². The van der Waals surface area contributed by atoms with E-state index in [1.807, 2.05) is 0 Å². The summed E-state index contributed by atoms with van der Waals surface area (Å²) in [6, 6.07) is 9.48. The average Bonchev–Trinajstić information content (AvgIpc) is 2.62. The zero-order valence-electron chi connectivity index (χ0n) is 13.5. The third-order valence-corrected chi connectivity index (χ3v) is 3.91. The van der Waals surface area contributed by atoms with Gasteiger partial charge in [-0.2, -0.15) is 0 Å². The lowest BCUT2D eigenvalue weighted by Gasteiger charge is -2.12. The molecule has 1 N–H and O–H groups in total. The number of hydrogen-bond donors (Lipinski definition) is 1. The molecule has 0 radical (unpaired) electrons. The van der Waals surface area contributed by atoms with Crippen LogP contribution in [-0.2, 0) is 9.53 Å². The van der Waals surface area contributed by atoms with E-state index in [4.69, 9.17) is 37.4 Å². The number of halogens is 2. The summed E-state index contributed by atoms with van der Waals surface area (Å²) >= 11 is 11.7. The summed E-state index contributed by atoms with van der Waals surface area (Å²) in [7, 11) is 2.84. The molecule has 132 valence electrons. The molecule has 0 unspecified atom stereocenters. The van der Waals surface area contributed by atoms with Crippen molar-refractivity contribution >= 4 is 40.8 Å². The summed E-state index contributed by atoms with van der Waals surface area (Å²) in [6.45, 7) is -0.486. The summed E-state index contributed by atoms with van der Waals surface area (Å²) in [5.41, 5.74) is 0.542. The third kappa shape index (κ3) is 4.78. The van der Waals surface area contributed by atoms with Gasteiger partial charge in [0.05, 0.1) is 24.3 Å². The Bertz CT molecular complexity index is 772. The van der Waals surface area contributed by atoms with Crippen molar-refractivity contribution < 1.29 is 23.8 Å². The Labute approximate surface area is 154 Å². The number of hydrogen-bond acceptors (Lipinski definition) is 5. The molecule has 2 rings (SSSR count). The summed E-state index contributed by atoms with van der Waals surface area (Å²) < 4.78 is 15.3. The van der Waals surface area contributed by atoms with Gasteiger partial charge in [-0.15, -0.1) is 0 Å². The standard InChI is InChI=1S/C17H15Cl2NO5/c1-23-13-4-3-5-14(24-2)16(13)17(22)25-9-15(21)20-10-6-7-11(18)12(19)8-10/h3-8H,9H2,1-2H3,(H,20,21). The van der Waals surface area contributed by atoms with E-state index in [-0.39, 0.29) is 17.1 Å². The number of benzene rings is 2. The highest BCUT2D eigenvalue weighted by Gasteiger charge is 2.20. The van der Waals surface area contributed by atoms with Gasteiger partial charge in [-0.1, -0.05) is 29.3 Å². The van der Waals surface area contributed by atoms with E-state index in [9.17, 15) is 9.59 Å². The van der Waals surface area contributed by atoms with E-state index in [0.29, 0.717) is 15.7 Å². The van der Waals surface area contributed by atoms with Crippen molar-refractivity contribution in [2.45, 2.75) is 0 Å². The lowest BCUT2D eigenvalue weighted by Crippen LogP contribution is -2.21. The number of rotatable bonds is 6. The van der Waals surface area contributed by atoms with Crippen molar-refractivity contribution in [2.75, 3.05) is 26.1 Å². The van der Waals surface area contributed by atoms with Crippen LogP contribution in [0.4, 0.5) is 5.69 Å². The first kappa shape index (κ1) is 18.9. The quantitative estimate of drug-likeness (QED) is 0.767. The zero-order valence-corrected chi connectivity index (χ0v) is 15.0. The number of methoxy groups -OCH3 is 2. The number of carbonyl (C=O) groups excluding carboxylic acids is 2. The molecule has 0 atom stereocenters. The van der Waals surface area contributed by atoms with Crippen LogP contribution < -0.4 is 14.8 Å². The molecule has 0 saturated heterocycles. The van der Waals surface area contributed by atoms with Gasteiger partial charge in [-0.3, -0.25) is 4.79 Å². The minimum absolute atomic E-state index is 0.106. The Morgan fingerprint density at radius 2 is 1.64 bits per heavy atom. The predicted molar refractivity (Wildman–Crippen MR) is 94.9 cm³/mol. The molecule has 2 aromatic carbocycles. The average molecular weight is 384 g/mol. The van der Waals surface area contributed by atoms with E-state index in [0.717, 1.165) is 0 Å². The van der Waals surface area contributed by atoms with Crippen molar-refractivity contribution in [2.24, 2.45) is 0 Å². The van der Waals surface area contributed by atoms with Crippen LogP contribution in [0.15, 0.2) is 36.4 Å². The molecule has 0 saturated carbocycles. The van der Waals surface area contributed by atoms with Crippen LogP contribution >= 0.6 is 23.2 Å². The SMILES string of the molecule is COc1cccc(OC)c1C(=O)OCC(=O)Nc1ccc(Cl)c(Cl)c1. The molecule has 0 fully saturated rings. The Kier molecular flexibility index (Phi) is 6.50. The maximum Gasteiger partial charge on any atom is 0.346 e. The fourth-order valence-corrected chi connectivity index (χ4v) is 2.32. The molecule has 0 bridgehead atoms. The van der Waals surface area contributed by atoms with Gasteiger partial charge in [-0.05, 0) is 30.3 Å². The van der Waals surface area contributed by atoms with Crippen molar-refractivity contribution in [3.8, 4) is 11.5 Å². The van der Waals surface area contributed by atoms with Crippen molar-refractivity contribution in [1.29, 1.82) is 0 Å². The molecule has 8 heteroatoms. The van der Waals surface area contributed by atoms with E-state index < -0.39 is 18.5 Å². The summed E-state index contributed by atoms with van der Waals surface area (Å²) in [4.78, 5) is 24.2. The Morgan fingerprint density at radius 3 is 2.20 bits per heavy atom. The van der Waals surface area contributed by atoms with Gasteiger partial charge in [0.25, 0.3) is 5.91 Å². The normalized spacial score (nSPS) is 10.1. The van der Waals surface area contributed by atoms with Crippen LogP contribution in [0.2, 0.25) is 10.0 Å². The lowest BCUT2D eigenvalue weighted by atomic mass is 10.2. The number of carbonyl (C=O) groups is 2. The first-order valence-electron chi connectivity index (χ1n) is 7.09. The number of nitrogens with one attached hydrogen (secondary N) is 1. The Hall–Kier alpha value is -2.44. The number of anilines is 1. The molecular formula is C17H15Cl2NO5. The van der Waals surface area contributed by atoms with Gasteiger partial charge in [0.2, 0.25) is 0 Å². The van der Waals surface area contributed by atoms with E-state index in [2.05, 4.69) is 5.32 Å². The number of amides is 1. The van der Waals surface area contributed by atoms with E-state index in [1.54, 1.807) is 30.3 Å². The molecule has 25 heavy (non-hydrogen) atoms. The smallest absolute Gasteiger partial charge is 0.346 e. The van der Waals surface area contributed by atoms with Gasteiger partial charge in [0.15, 0.2) is 6.61 Å². The molecule has 6 nitrogen and oxygen atoms in total. The number of esters is 1. The lowest BCUT2D eigenvalue weighted by molar-refractivity contribution is -0.119. The number of ether oxygens (including phenoxy) is 3. The topological polar surface area (TPSA) is 73.9 Å². The fraction of sp³-hybridized carbons (Fsp3) is 0.176. The highest BCUT2D eigenvalue weighted by Crippen LogP contribution is 2.29. The monoisotopic (exact) mass is 383 g/mol. The van der Waals surface area contributed by atoms with Gasteiger partial charge in [-0.25, -0.2) is 4.79 Å². The fourth-order valence-electron chi connectivity index (χ4n) is 2.03. The summed E-state index contributed by atoms with van der Waals surface area (Å²) in [6.07, 6.45) is 0. The van der Waals surface area contributed by atoms with Crippen LogP contribution in [0.3, 0.4) is 0 Å². The van der Waals surface area contributed by atoms with Crippen LogP contribution in [-0.4, -0.2) is 32.7 Å². The molecule has 0 spiro atoms. The highest BCUT2D eigenvalue weighted by atomic mass is 35.5. The molecule has 0 aliphatic rings. The van der Waals surface area contributed by atoms with Crippen LogP contribution in [0.5, 0.6) is 11.5 Å². The largest absolute Gasteiger partial charge is 0.496 e. The van der Waals surface area contributed by atoms with Gasteiger partial charge >= 0.3 is 5.97 Å².